The number of phosphoric acid groups is 3. The smallest absolute Gasteiger partial charge is 0.481 e. The number of nitrogen functional groups attached to an aromatic ring is 1. The van der Waals surface area contributed by atoms with E-state index in [2.05, 4.69) is 69.2 Å². The minimum absolute atomic E-state index is 0.00302. The van der Waals surface area contributed by atoms with E-state index >= 15 is 0 Å². The van der Waals surface area contributed by atoms with Gasteiger partial charge in [-0.15, -0.1) is 0 Å². The fraction of sp³-hybridized carbons (Fsp3) is 0.606. The highest BCUT2D eigenvalue weighted by Crippen LogP contribution is 2.66. The lowest BCUT2D eigenvalue weighted by molar-refractivity contribution is -0.143. The molecule has 8 atom stereocenters. The van der Waals surface area contributed by atoms with Gasteiger partial charge in [-0.3, -0.25) is 28.3 Å². The molecule has 1 aliphatic rings. The molecule has 0 bridgehead atoms. The van der Waals surface area contributed by atoms with E-state index in [4.69, 9.17) is 25.4 Å². The average Bonchev–Trinajstić information content (AvgIpc) is 3.61. The first-order valence-electron chi connectivity index (χ1n) is 19.9. The van der Waals surface area contributed by atoms with Crippen LogP contribution >= 0.6 is 57.7 Å². The molecule has 1 saturated heterocycles. The monoisotopic (exact) mass is 1100 g/mol. The minimum atomic E-state index is -5.80. The van der Waals surface area contributed by atoms with Crippen LogP contribution in [0.15, 0.2) is 11.0 Å². The van der Waals surface area contributed by atoms with Crippen LogP contribution in [0.4, 0.5) is 10.6 Å². The number of thiol groups is 1. The van der Waals surface area contributed by atoms with Crippen molar-refractivity contribution < 1.29 is 100 Å². The Hall–Kier alpha value is -4.09. The van der Waals surface area contributed by atoms with Crippen molar-refractivity contribution in [2.75, 3.05) is 42.7 Å². The molecule has 1 aromatic heterocycles. The summed E-state index contributed by atoms with van der Waals surface area (Å²) >= 11 is 3.98. The molecular formula is C33H51N8O22P3S3. The first kappa shape index (κ1) is 61.0. The summed E-state index contributed by atoms with van der Waals surface area (Å²) in [7, 11) is -14.6. The summed E-state index contributed by atoms with van der Waals surface area (Å²) in [6, 6.07) is -4.18. The van der Waals surface area contributed by atoms with Crippen LogP contribution in [-0.2, 0) is 60.3 Å². The number of nitrogens with one attached hydrogen (secondary N) is 5. The number of nitrogens with zero attached hydrogens (tertiary/aromatic N) is 2. The number of hydrogen-bond acceptors (Lipinski definition) is 21. The van der Waals surface area contributed by atoms with Crippen LogP contribution in [0, 0.1) is 11.8 Å². The number of aromatic nitrogens is 2. The summed E-state index contributed by atoms with van der Waals surface area (Å²) in [5, 5.41) is 40.7. The molecule has 4 unspecified atom stereocenters. The molecule has 1 aliphatic heterocycles. The third kappa shape index (κ3) is 25.0. The van der Waals surface area contributed by atoms with Gasteiger partial charge in [0, 0.05) is 55.7 Å². The Morgan fingerprint density at radius 1 is 0.957 bits per heavy atom. The molecule has 0 saturated carbocycles. The first-order valence-corrected chi connectivity index (χ1v) is 27.5. The zero-order chi connectivity index (χ0) is 52.0. The van der Waals surface area contributed by atoms with Gasteiger partial charge in [-0.05, 0) is 19.3 Å². The number of phosphoric ester groups is 1. The van der Waals surface area contributed by atoms with Crippen LogP contribution < -0.4 is 38.0 Å². The van der Waals surface area contributed by atoms with Gasteiger partial charge in [0.15, 0.2) is 0 Å². The number of ether oxygens (including phenoxy) is 1. The Bertz CT molecular complexity index is 2250. The molecule has 69 heavy (non-hydrogen) atoms. The summed E-state index contributed by atoms with van der Waals surface area (Å²) in [6.45, 7) is -1.04. The van der Waals surface area contributed by atoms with E-state index in [1.54, 1.807) is 0 Å². The molecule has 388 valence electrons. The fourth-order valence-corrected chi connectivity index (χ4v) is 10.7. The zero-order valence-corrected chi connectivity index (χ0v) is 41.1. The third-order valence-corrected chi connectivity index (χ3v) is 15.2. The lowest BCUT2D eigenvalue weighted by Gasteiger charge is -2.19. The number of urea groups is 1. The molecular weight excluding hydrogens is 1050 g/mol. The average molecular weight is 1100 g/mol. The van der Waals surface area contributed by atoms with Crippen molar-refractivity contribution in [2.24, 2.45) is 0 Å². The molecule has 2 rings (SSSR count). The predicted octanol–water partition coefficient (Wildman–Crippen LogP) is -1.67. The van der Waals surface area contributed by atoms with E-state index in [0.29, 0.717) is 25.5 Å². The van der Waals surface area contributed by atoms with Crippen LogP contribution in [0.3, 0.4) is 0 Å². The van der Waals surface area contributed by atoms with E-state index in [9.17, 15) is 72.1 Å². The number of aliphatic hydroxyl groups excluding tert-OH is 1. The van der Waals surface area contributed by atoms with Crippen molar-refractivity contribution >= 4 is 105 Å². The number of anilines is 1. The van der Waals surface area contributed by atoms with Gasteiger partial charge in [-0.1, -0.05) is 39.8 Å². The number of nitrogens with two attached hydrogens (primary N) is 1. The summed E-state index contributed by atoms with van der Waals surface area (Å²) < 4.78 is 52.5. The highest BCUT2D eigenvalue weighted by atomic mass is 33.1. The second kappa shape index (κ2) is 29.9. The summed E-state index contributed by atoms with van der Waals surface area (Å²) in [5.41, 5.74) is 4.87. The lowest BCUT2D eigenvalue weighted by Crippen LogP contribution is -2.53. The SMILES string of the molecule is Nc1nc(=O)n([C@H]2C[C@@H](O)[C@@H](COP(=O)(O)OP(=O)(O)OP(=O)(O)O)O2)cc1C#CCNC(=O)CCSSCC(NC(=O)N[C@H](C=O)CS)C(=O)NCCCCCC(=O)NC(CCC(=O)O)C(=O)O. The van der Waals surface area contributed by atoms with Crippen LogP contribution in [0.5, 0.6) is 0 Å². The molecule has 0 spiro atoms. The lowest BCUT2D eigenvalue weighted by atomic mass is 10.1. The number of aliphatic carboxylic acids is 2. The minimum Gasteiger partial charge on any atom is -0.481 e. The second-order valence-corrected chi connectivity index (χ2v) is 21.5. The van der Waals surface area contributed by atoms with Crippen LogP contribution in [0.25, 0.3) is 0 Å². The number of carboxylic acid groups (broad SMARTS) is 2. The molecule has 1 fully saturated rings. The van der Waals surface area contributed by atoms with Gasteiger partial charge >= 0.3 is 47.1 Å². The highest BCUT2D eigenvalue weighted by Gasteiger charge is 2.43. The van der Waals surface area contributed by atoms with Gasteiger partial charge in [0.1, 0.15) is 36.5 Å². The van der Waals surface area contributed by atoms with Crippen molar-refractivity contribution in [3.05, 3.63) is 22.2 Å². The second-order valence-electron chi connectivity index (χ2n) is 14.1. The Morgan fingerprint density at radius 3 is 2.30 bits per heavy atom. The molecule has 30 nitrogen and oxygen atoms in total. The van der Waals surface area contributed by atoms with E-state index < -0.39 is 114 Å². The Balaban J connectivity index is 1.86. The zero-order valence-electron chi connectivity index (χ0n) is 35.8. The van der Waals surface area contributed by atoms with Crippen LogP contribution in [0.2, 0.25) is 0 Å². The standard InChI is InChI=1S/C33H51N8O22P3S3/c34-29-19(14-41(33(52)40-29)27-13-23(43)24(61-27)16-60-65(56,57)63-66(58,59)62-64(53,54)55)5-4-11-35-25(44)9-12-68-69-18-22(39-32(51)37-20(15-42)17-67)30(48)36-10-3-1-2-6-26(45)38-21(31(49)50)7-8-28(46)47/h14-15,20-24,27,43,67H,1-3,6-13,16-18H2,(H,35,44)(H,36,48)(H,38,45)(H,46,47)(H,49,50)(H,56,57)(H,58,59)(H2,34,40,52)(H2,37,39,51)(H2,53,54,55)/t20-,21?,22?,23-,24-,27-/m1/s1. The van der Waals surface area contributed by atoms with Crippen LogP contribution in [0.1, 0.15) is 63.2 Å². The third-order valence-electron chi connectivity index (χ3n) is 8.60. The molecule has 5 amide bonds. The van der Waals surface area contributed by atoms with Crippen molar-refractivity contribution in [2.45, 2.75) is 87.9 Å². The Kier molecular flexibility index (Phi) is 26.5. The number of carbonyl (C=O) groups excluding carboxylic acids is 5. The number of aldehydes is 1. The summed E-state index contributed by atoms with van der Waals surface area (Å²) in [6.07, 6.45) is -2.48. The molecule has 2 heterocycles. The van der Waals surface area contributed by atoms with Crippen molar-refractivity contribution in [3.8, 4) is 11.8 Å². The Morgan fingerprint density at radius 2 is 1.67 bits per heavy atom. The topological polar surface area (TPSA) is 470 Å². The molecule has 14 N–H and O–H groups in total. The van der Waals surface area contributed by atoms with Crippen molar-refractivity contribution in [1.82, 2.24) is 36.1 Å². The van der Waals surface area contributed by atoms with Gasteiger partial charge in [0.05, 0.1) is 30.9 Å². The maximum absolute atomic E-state index is 13.0. The van der Waals surface area contributed by atoms with E-state index in [0.717, 1.165) is 21.6 Å². The maximum atomic E-state index is 13.0. The molecule has 1 aromatic rings. The maximum Gasteiger partial charge on any atom is 0.490 e. The quantitative estimate of drug-likeness (QED) is 0.00987. The van der Waals surface area contributed by atoms with E-state index in [1.165, 1.54) is 10.8 Å². The number of unbranched alkanes of at least 4 members (excludes halogenated alkanes) is 2. The normalized spacial score (nSPS) is 18.7. The van der Waals surface area contributed by atoms with Crippen molar-refractivity contribution in [3.63, 3.8) is 0 Å². The largest absolute Gasteiger partial charge is 0.490 e. The molecule has 0 radical (unpaired) electrons. The first-order chi connectivity index (χ1) is 32.2. The number of amides is 5. The predicted molar refractivity (Wildman–Crippen MR) is 244 cm³/mol. The number of hydrogen-bond donors (Lipinski definition) is 14. The van der Waals surface area contributed by atoms with Gasteiger partial charge in [-0.2, -0.15) is 26.2 Å². The van der Waals surface area contributed by atoms with Gasteiger partial charge < -0.3 is 76.7 Å². The van der Waals surface area contributed by atoms with Crippen molar-refractivity contribution in [1.29, 1.82) is 0 Å². The number of carbonyl (C=O) groups is 7. The van der Waals surface area contributed by atoms with E-state index in [1.807, 2.05) is 0 Å². The Labute approximate surface area is 405 Å². The number of aliphatic hydroxyl groups is 1. The summed E-state index contributed by atoms with van der Waals surface area (Å²) in [5.74, 6) is 1.08. The summed E-state index contributed by atoms with van der Waals surface area (Å²) in [4.78, 5) is 136. The molecule has 0 aromatic carbocycles. The van der Waals surface area contributed by atoms with Gasteiger partial charge in [-0.25, -0.2) is 28.1 Å². The van der Waals surface area contributed by atoms with Gasteiger partial charge in [0.25, 0.3) is 0 Å². The van der Waals surface area contributed by atoms with Crippen LogP contribution in [-0.4, -0.2) is 154 Å². The fourth-order valence-electron chi connectivity index (χ4n) is 5.36. The molecule has 36 heteroatoms. The van der Waals surface area contributed by atoms with Gasteiger partial charge in [0.2, 0.25) is 17.7 Å². The molecule has 0 aliphatic carbocycles. The highest BCUT2D eigenvalue weighted by molar-refractivity contribution is 8.76. The number of carboxylic acids is 2. The van der Waals surface area contributed by atoms with E-state index in [-0.39, 0.29) is 67.4 Å². The number of rotatable bonds is 31.